The standard InChI is InChI=1S/C25H28N2/c1-25(2,3)23-14-12-20(13-15-23)19-8-10-21(11-9-19)22-6-4-5-18(17-22)7-16-24(26)27/h4-6,8-15,17H,7,16H2,1-3H3,(H3,26,27). The predicted molar refractivity (Wildman–Crippen MR) is 116 cm³/mol. The summed E-state index contributed by atoms with van der Waals surface area (Å²) in [6.45, 7) is 6.71. The highest BCUT2D eigenvalue weighted by molar-refractivity contribution is 5.77. The number of nitrogens with one attached hydrogen (secondary N) is 1. The number of hydrogen-bond acceptors (Lipinski definition) is 1. The van der Waals surface area contributed by atoms with Gasteiger partial charge in [-0.2, -0.15) is 0 Å². The minimum atomic E-state index is 0.176. The van der Waals surface area contributed by atoms with Crippen molar-refractivity contribution in [3.8, 4) is 22.3 Å². The molecule has 0 heterocycles. The van der Waals surface area contributed by atoms with Gasteiger partial charge in [-0.05, 0) is 45.2 Å². The molecule has 2 nitrogen and oxygen atoms in total. The molecule has 0 saturated heterocycles. The summed E-state index contributed by atoms with van der Waals surface area (Å²) in [5, 5.41) is 7.39. The monoisotopic (exact) mass is 356 g/mol. The van der Waals surface area contributed by atoms with E-state index >= 15 is 0 Å². The van der Waals surface area contributed by atoms with E-state index in [9.17, 15) is 0 Å². The average Bonchev–Trinajstić information content (AvgIpc) is 2.66. The third-order valence-electron chi connectivity index (χ3n) is 4.91. The summed E-state index contributed by atoms with van der Waals surface area (Å²) >= 11 is 0. The summed E-state index contributed by atoms with van der Waals surface area (Å²) in [5.74, 6) is 0.238. The number of rotatable bonds is 5. The van der Waals surface area contributed by atoms with Crippen molar-refractivity contribution in [3.63, 3.8) is 0 Å². The Balaban J connectivity index is 1.79. The molecule has 0 unspecified atom stereocenters. The molecule has 0 fully saturated rings. The third kappa shape index (κ3) is 4.85. The maximum atomic E-state index is 7.39. The Labute approximate surface area is 162 Å². The van der Waals surface area contributed by atoms with Crippen molar-refractivity contribution in [1.82, 2.24) is 0 Å². The Bertz CT molecular complexity index is 914. The molecule has 0 atom stereocenters. The second-order valence-corrected chi connectivity index (χ2v) is 8.13. The summed E-state index contributed by atoms with van der Waals surface area (Å²) in [6.07, 6.45) is 1.41. The van der Waals surface area contributed by atoms with Crippen LogP contribution in [0, 0.1) is 5.41 Å². The number of amidine groups is 1. The molecule has 0 aliphatic heterocycles. The van der Waals surface area contributed by atoms with Crippen LogP contribution in [0.2, 0.25) is 0 Å². The van der Waals surface area contributed by atoms with Gasteiger partial charge in [-0.1, -0.05) is 93.6 Å². The number of nitrogens with two attached hydrogens (primary N) is 1. The first-order valence-corrected chi connectivity index (χ1v) is 9.46. The largest absolute Gasteiger partial charge is 0.388 e. The van der Waals surface area contributed by atoms with Crippen molar-refractivity contribution >= 4 is 5.84 Å². The van der Waals surface area contributed by atoms with E-state index in [4.69, 9.17) is 11.1 Å². The molecule has 3 rings (SSSR count). The highest BCUT2D eigenvalue weighted by Gasteiger charge is 2.13. The van der Waals surface area contributed by atoms with Gasteiger partial charge in [-0.3, -0.25) is 5.41 Å². The highest BCUT2D eigenvalue weighted by atomic mass is 14.7. The first-order chi connectivity index (χ1) is 12.8. The van der Waals surface area contributed by atoms with E-state index in [1.54, 1.807) is 0 Å². The van der Waals surface area contributed by atoms with Gasteiger partial charge in [0.2, 0.25) is 0 Å². The second-order valence-electron chi connectivity index (χ2n) is 8.13. The molecule has 0 radical (unpaired) electrons. The van der Waals surface area contributed by atoms with Gasteiger partial charge in [0.1, 0.15) is 0 Å². The van der Waals surface area contributed by atoms with E-state index in [1.807, 2.05) is 0 Å². The molecular formula is C25H28N2. The lowest BCUT2D eigenvalue weighted by molar-refractivity contribution is 0.590. The predicted octanol–water partition coefficient (Wildman–Crippen LogP) is 6.19. The molecule has 0 saturated carbocycles. The van der Waals surface area contributed by atoms with Gasteiger partial charge < -0.3 is 5.73 Å². The van der Waals surface area contributed by atoms with Gasteiger partial charge in [0, 0.05) is 6.42 Å². The lowest BCUT2D eigenvalue weighted by atomic mass is 9.86. The van der Waals surface area contributed by atoms with Crippen LogP contribution in [0.4, 0.5) is 0 Å². The Morgan fingerprint density at radius 1 is 0.778 bits per heavy atom. The zero-order valence-corrected chi connectivity index (χ0v) is 16.4. The Kier molecular flexibility index (Phi) is 5.46. The molecule has 0 spiro atoms. The SMILES string of the molecule is CC(C)(C)c1ccc(-c2ccc(-c3cccc(CCC(=N)N)c3)cc2)cc1. The number of hydrogen-bond donors (Lipinski definition) is 2. The molecule has 0 bridgehead atoms. The minimum Gasteiger partial charge on any atom is -0.388 e. The first-order valence-electron chi connectivity index (χ1n) is 9.46. The molecule has 138 valence electrons. The van der Waals surface area contributed by atoms with Crippen LogP contribution in [0.15, 0.2) is 72.8 Å². The van der Waals surface area contributed by atoms with Crippen LogP contribution in [0.5, 0.6) is 0 Å². The van der Waals surface area contributed by atoms with Crippen LogP contribution in [-0.4, -0.2) is 5.84 Å². The highest BCUT2D eigenvalue weighted by Crippen LogP contribution is 2.28. The Morgan fingerprint density at radius 3 is 1.81 bits per heavy atom. The number of aryl methyl sites for hydroxylation is 1. The van der Waals surface area contributed by atoms with Crippen LogP contribution in [0.1, 0.15) is 38.3 Å². The van der Waals surface area contributed by atoms with E-state index in [0.29, 0.717) is 6.42 Å². The molecular weight excluding hydrogens is 328 g/mol. The zero-order chi connectivity index (χ0) is 19.4. The van der Waals surface area contributed by atoms with Gasteiger partial charge in [0.05, 0.1) is 5.84 Å². The molecule has 2 heteroatoms. The van der Waals surface area contributed by atoms with Crippen LogP contribution < -0.4 is 5.73 Å². The van der Waals surface area contributed by atoms with E-state index in [0.717, 1.165) is 6.42 Å². The summed E-state index contributed by atoms with van der Waals surface area (Å²) in [5.41, 5.74) is 13.1. The van der Waals surface area contributed by atoms with Crippen molar-refractivity contribution < 1.29 is 0 Å². The normalized spacial score (nSPS) is 11.4. The van der Waals surface area contributed by atoms with E-state index in [1.165, 1.54) is 33.4 Å². The fourth-order valence-electron chi connectivity index (χ4n) is 3.20. The van der Waals surface area contributed by atoms with Gasteiger partial charge in [-0.25, -0.2) is 0 Å². The van der Waals surface area contributed by atoms with Gasteiger partial charge in [0.25, 0.3) is 0 Å². The molecule has 3 N–H and O–H groups in total. The molecule has 0 aromatic heterocycles. The topological polar surface area (TPSA) is 49.9 Å². The number of benzene rings is 3. The summed E-state index contributed by atoms with van der Waals surface area (Å²) in [4.78, 5) is 0. The van der Waals surface area contributed by atoms with Crippen LogP contribution in [-0.2, 0) is 11.8 Å². The third-order valence-corrected chi connectivity index (χ3v) is 4.91. The lowest BCUT2D eigenvalue weighted by Crippen LogP contribution is -2.10. The summed E-state index contributed by atoms with van der Waals surface area (Å²) in [6, 6.07) is 26.1. The van der Waals surface area contributed by atoms with Gasteiger partial charge in [-0.15, -0.1) is 0 Å². The van der Waals surface area contributed by atoms with E-state index < -0.39 is 0 Å². The van der Waals surface area contributed by atoms with Crippen molar-refractivity contribution in [2.75, 3.05) is 0 Å². The van der Waals surface area contributed by atoms with Crippen molar-refractivity contribution in [3.05, 3.63) is 83.9 Å². The van der Waals surface area contributed by atoms with E-state index in [-0.39, 0.29) is 11.3 Å². The Hall–Kier alpha value is -2.87. The lowest BCUT2D eigenvalue weighted by Gasteiger charge is -2.19. The van der Waals surface area contributed by atoms with Gasteiger partial charge in [0.15, 0.2) is 0 Å². The van der Waals surface area contributed by atoms with Crippen LogP contribution >= 0.6 is 0 Å². The fraction of sp³-hybridized carbons (Fsp3) is 0.240. The van der Waals surface area contributed by atoms with E-state index in [2.05, 4.69) is 93.6 Å². The second kappa shape index (κ2) is 7.79. The molecule has 0 amide bonds. The van der Waals surface area contributed by atoms with Crippen molar-refractivity contribution in [2.24, 2.45) is 5.73 Å². The molecule has 3 aromatic carbocycles. The first kappa shape index (κ1) is 18.9. The molecule has 0 aliphatic rings. The maximum Gasteiger partial charge on any atom is 0.0908 e. The molecule has 3 aromatic rings. The summed E-state index contributed by atoms with van der Waals surface area (Å²) in [7, 11) is 0. The minimum absolute atomic E-state index is 0.176. The van der Waals surface area contributed by atoms with Crippen LogP contribution in [0.25, 0.3) is 22.3 Å². The molecule has 0 aliphatic carbocycles. The quantitative estimate of drug-likeness (QED) is 0.416. The molecule has 27 heavy (non-hydrogen) atoms. The smallest absolute Gasteiger partial charge is 0.0908 e. The Morgan fingerprint density at radius 2 is 1.30 bits per heavy atom. The van der Waals surface area contributed by atoms with Crippen molar-refractivity contribution in [2.45, 2.75) is 39.0 Å². The van der Waals surface area contributed by atoms with Crippen molar-refractivity contribution in [1.29, 1.82) is 5.41 Å². The average molecular weight is 357 g/mol. The van der Waals surface area contributed by atoms with Gasteiger partial charge >= 0.3 is 0 Å². The van der Waals surface area contributed by atoms with Crippen LogP contribution in [0.3, 0.4) is 0 Å². The fourth-order valence-corrected chi connectivity index (χ4v) is 3.20. The maximum absolute atomic E-state index is 7.39. The zero-order valence-electron chi connectivity index (χ0n) is 16.4. The summed E-state index contributed by atoms with van der Waals surface area (Å²) < 4.78 is 0.